The molecule has 2 rings (SSSR count). The maximum atomic E-state index is 12.1. The first kappa shape index (κ1) is 14.0. The molecule has 1 aromatic carbocycles. The summed E-state index contributed by atoms with van der Waals surface area (Å²) in [4.78, 5) is 15.5. The molecule has 1 aliphatic heterocycles. The number of nitrogens with zero attached hydrogens (tertiary/aromatic N) is 2. The molecular weight excluding hydrogens is 266 g/mol. The second-order valence-electron chi connectivity index (χ2n) is 4.85. The molecular formula is C13H18ClN3O2. The lowest BCUT2D eigenvalue weighted by Gasteiger charge is -2.22. The number of likely N-dealkylation sites (tertiary alicyclic amines) is 1. The van der Waals surface area contributed by atoms with Crippen LogP contribution >= 0.6 is 11.6 Å². The molecule has 0 saturated carbocycles. The second kappa shape index (κ2) is 5.67. The van der Waals surface area contributed by atoms with Crippen molar-refractivity contribution in [1.82, 2.24) is 4.90 Å². The number of nitrogens with one attached hydrogen (secondary N) is 1. The van der Waals surface area contributed by atoms with Crippen LogP contribution < -0.4 is 10.2 Å². The Kier molecular flexibility index (Phi) is 4.17. The highest BCUT2D eigenvalue weighted by atomic mass is 35.5. The number of carbonyl (C=O) groups excluding carboxylic acids is 1. The first-order valence-corrected chi connectivity index (χ1v) is 6.56. The number of aliphatic hydroxyl groups excluding tert-OH is 1. The predicted molar refractivity (Wildman–Crippen MR) is 77.0 cm³/mol. The summed E-state index contributed by atoms with van der Waals surface area (Å²) in [6.45, 7) is 0.953. The van der Waals surface area contributed by atoms with E-state index in [1.165, 1.54) is 0 Å². The van der Waals surface area contributed by atoms with E-state index in [1.54, 1.807) is 17.0 Å². The molecule has 0 spiro atoms. The van der Waals surface area contributed by atoms with Crippen LogP contribution in [0.4, 0.5) is 16.2 Å². The maximum Gasteiger partial charge on any atom is 0.321 e. The molecule has 0 aliphatic carbocycles. The fourth-order valence-electron chi connectivity index (χ4n) is 2.19. The highest BCUT2D eigenvalue weighted by molar-refractivity contribution is 6.34. The highest BCUT2D eigenvalue weighted by Gasteiger charge is 2.25. The molecule has 1 saturated heterocycles. The molecule has 1 atom stereocenters. The third-order valence-electron chi connectivity index (χ3n) is 3.13. The Bertz CT molecular complexity index is 479. The molecule has 0 aromatic heterocycles. The third-order valence-corrected chi connectivity index (χ3v) is 3.43. The van der Waals surface area contributed by atoms with Crippen molar-refractivity contribution in [2.24, 2.45) is 0 Å². The average Bonchev–Trinajstić information content (AvgIpc) is 2.75. The largest absolute Gasteiger partial charge is 0.391 e. The Hall–Kier alpha value is -1.46. The smallest absolute Gasteiger partial charge is 0.321 e. The van der Waals surface area contributed by atoms with Crippen LogP contribution in [0.25, 0.3) is 0 Å². The monoisotopic (exact) mass is 283 g/mol. The number of anilines is 2. The van der Waals surface area contributed by atoms with Gasteiger partial charge in [0.2, 0.25) is 0 Å². The van der Waals surface area contributed by atoms with Crippen molar-refractivity contribution in [2.45, 2.75) is 12.5 Å². The first-order chi connectivity index (χ1) is 8.99. The Morgan fingerprint density at radius 2 is 2.26 bits per heavy atom. The Morgan fingerprint density at radius 3 is 2.84 bits per heavy atom. The lowest BCUT2D eigenvalue weighted by atomic mass is 10.2. The van der Waals surface area contributed by atoms with Gasteiger partial charge in [0, 0.05) is 27.2 Å². The van der Waals surface area contributed by atoms with Gasteiger partial charge >= 0.3 is 6.03 Å². The van der Waals surface area contributed by atoms with Gasteiger partial charge in [-0.25, -0.2) is 4.79 Å². The quantitative estimate of drug-likeness (QED) is 0.873. The van der Waals surface area contributed by atoms with Gasteiger partial charge in [0.25, 0.3) is 0 Å². The Labute approximate surface area is 117 Å². The van der Waals surface area contributed by atoms with Crippen molar-refractivity contribution in [3.63, 3.8) is 0 Å². The van der Waals surface area contributed by atoms with Gasteiger partial charge in [-0.3, -0.25) is 0 Å². The van der Waals surface area contributed by atoms with E-state index in [4.69, 9.17) is 11.6 Å². The van der Waals surface area contributed by atoms with Gasteiger partial charge in [-0.05, 0) is 18.6 Å². The summed E-state index contributed by atoms with van der Waals surface area (Å²) in [6.07, 6.45) is 0.210. The standard InChI is InChI=1S/C13H18ClN3O2/c1-16(2)12-10(14)4-3-5-11(12)15-13(19)17-7-6-9(18)8-17/h3-5,9,18H,6-8H2,1-2H3,(H,15,19)/t9-/m0/s1. The normalized spacial score (nSPS) is 18.5. The molecule has 1 fully saturated rings. The van der Waals surface area contributed by atoms with Gasteiger partial charge in [-0.2, -0.15) is 0 Å². The number of urea groups is 1. The Morgan fingerprint density at radius 1 is 1.53 bits per heavy atom. The van der Waals surface area contributed by atoms with E-state index in [0.29, 0.717) is 30.2 Å². The minimum atomic E-state index is -0.418. The zero-order chi connectivity index (χ0) is 14.0. The lowest BCUT2D eigenvalue weighted by molar-refractivity contribution is 0.176. The number of amides is 2. The number of hydrogen-bond donors (Lipinski definition) is 2. The van der Waals surface area contributed by atoms with Crippen molar-refractivity contribution < 1.29 is 9.90 Å². The molecule has 6 heteroatoms. The first-order valence-electron chi connectivity index (χ1n) is 6.19. The minimum absolute atomic E-state index is 0.207. The van der Waals surface area contributed by atoms with E-state index >= 15 is 0 Å². The number of rotatable bonds is 2. The zero-order valence-electron chi connectivity index (χ0n) is 11.1. The van der Waals surface area contributed by atoms with Crippen LogP contribution in [0, 0.1) is 0 Å². The van der Waals surface area contributed by atoms with E-state index in [-0.39, 0.29) is 6.03 Å². The van der Waals surface area contributed by atoms with Crippen LogP contribution in [-0.2, 0) is 0 Å². The number of β-amino-alcohol motifs (C(OH)–C–C–N with tert-alkyl or cyclic N) is 1. The summed E-state index contributed by atoms with van der Waals surface area (Å²) >= 11 is 6.14. The summed E-state index contributed by atoms with van der Waals surface area (Å²) < 4.78 is 0. The van der Waals surface area contributed by atoms with Crippen LogP contribution in [0.2, 0.25) is 5.02 Å². The molecule has 1 heterocycles. The number of carbonyl (C=O) groups is 1. The predicted octanol–water partition coefficient (Wildman–Crippen LogP) is 2.00. The maximum absolute atomic E-state index is 12.1. The van der Waals surface area contributed by atoms with Crippen LogP contribution in [0.15, 0.2) is 18.2 Å². The van der Waals surface area contributed by atoms with Crippen molar-refractivity contribution >= 4 is 29.0 Å². The van der Waals surface area contributed by atoms with E-state index in [9.17, 15) is 9.90 Å². The Balaban J connectivity index is 2.15. The van der Waals surface area contributed by atoms with Crippen molar-refractivity contribution in [2.75, 3.05) is 37.4 Å². The van der Waals surface area contributed by atoms with Crippen LogP contribution in [0.5, 0.6) is 0 Å². The number of para-hydroxylation sites is 1. The molecule has 1 aliphatic rings. The molecule has 0 bridgehead atoms. The molecule has 0 radical (unpaired) electrons. The number of aliphatic hydroxyl groups is 1. The average molecular weight is 284 g/mol. The van der Waals surface area contributed by atoms with E-state index in [0.717, 1.165) is 5.69 Å². The van der Waals surface area contributed by atoms with Crippen molar-refractivity contribution in [1.29, 1.82) is 0 Å². The number of halogens is 1. The summed E-state index contributed by atoms with van der Waals surface area (Å²) in [6, 6.07) is 5.18. The van der Waals surface area contributed by atoms with Gasteiger partial charge < -0.3 is 20.2 Å². The molecule has 1 aromatic rings. The van der Waals surface area contributed by atoms with Gasteiger partial charge in [-0.15, -0.1) is 0 Å². The zero-order valence-corrected chi connectivity index (χ0v) is 11.8. The van der Waals surface area contributed by atoms with Crippen LogP contribution in [0.3, 0.4) is 0 Å². The van der Waals surface area contributed by atoms with Crippen LogP contribution in [0.1, 0.15) is 6.42 Å². The van der Waals surface area contributed by atoms with Gasteiger partial charge in [0.1, 0.15) is 0 Å². The minimum Gasteiger partial charge on any atom is -0.391 e. The molecule has 104 valence electrons. The van der Waals surface area contributed by atoms with Gasteiger partial charge in [0.05, 0.1) is 22.5 Å². The molecule has 19 heavy (non-hydrogen) atoms. The molecule has 2 N–H and O–H groups in total. The van der Waals surface area contributed by atoms with Crippen molar-refractivity contribution in [3.8, 4) is 0 Å². The number of benzene rings is 1. The highest BCUT2D eigenvalue weighted by Crippen LogP contribution is 2.32. The summed E-state index contributed by atoms with van der Waals surface area (Å²) in [7, 11) is 3.74. The SMILES string of the molecule is CN(C)c1c(Cl)cccc1NC(=O)N1CC[C@H](O)C1. The third kappa shape index (κ3) is 3.11. The fourth-order valence-corrected chi connectivity index (χ4v) is 2.53. The van der Waals surface area contributed by atoms with Gasteiger partial charge in [0.15, 0.2) is 0 Å². The van der Waals surface area contributed by atoms with E-state index in [1.807, 2.05) is 25.1 Å². The summed E-state index contributed by atoms with van der Waals surface area (Å²) in [5.41, 5.74) is 1.45. The van der Waals surface area contributed by atoms with Gasteiger partial charge in [-0.1, -0.05) is 17.7 Å². The fraction of sp³-hybridized carbons (Fsp3) is 0.462. The van der Waals surface area contributed by atoms with E-state index < -0.39 is 6.10 Å². The number of hydrogen-bond acceptors (Lipinski definition) is 3. The van der Waals surface area contributed by atoms with Crippen LogP contribution in [-0.4, -0.2) is 49.3 Å². The lowest BCUT2D eigenvalue weighted by Crippen LogP contribution is -2.34. The van der Waals surface area contributed by atoms with Crippen molar-refractivity contribution in [3.05, 3.63) is 23.2 Å². The summed E-state index contributed by atoms with van der Waals surface area (Å²) in [5, 5.41) is 12.9. The summed E-state index contributed by atoms with van der Waals surface area (Å²) in [5.74, 6) is 0. The molecule has 2 amide bonds. The molecule has 5 nitrogen and oxygen atoms in total. The second-order valence-corrected chi connectivity index (χ2v) is 5.26. The molecule has 0 unspecified atom stereocenters. The topological polar surface area (TPSA) is 55.8 Å². The van der Waals surface area contributed by atoms with E-state index in [2.05, 4.69) is 5.32 Å².